The van der Waals surface area contributed by atoms with Crippen molar-refractivity contribution in [2.24, 2.45) is 0 Å². The maximum absolute atomic E-state index is 5.24. The van der Waals surface area contributed by atoms with E-state index in [0.717, 1.165) is 11.3 Å². The zero-order chi connectivity index (χ0) is 11.5. The molecule has 1 N–H and O–H groups in total. The number of anilines is 1. The number of hydrogen-bond donors (Lipinski definition) is 1. The van der Waals surface area contributed by atoms with Gasteiger partial charge in [-0.25, -0.2) is 4.68 Å². The largest absolute Gasteiger partial charge is 0.331 e. The van der Waals surface area contributed by atoms with Crippen LogP contribution in [0.1, 0.15) is 11.1 Å². The third-order valence-electron chi connectivity index (χ3n) is 2.22. The SMILES string of the molecule is Cc1ccc(NC(=S)n2cc(C)cn2)cc1. The fourth-order valence-corrected chi connectivity index (χ4v) is 1.56. The summed E-state index contributed by atoms with van der Waals surface area (Å²) in [6, 6.07) is 8.08. The van der Waals surface area contributed by atoms with Crippen LogP contribution in [0.2, 0.25) is 0 Å². The molecular formula is C12H13N3S. The van der Waals surface area contributed by atoms with Gasteiger partial charge < -0.3 is 5.32 Å². The molecule has 4 heteroatoms. The maximum Gasteiger partial charge on any atom is 0.198 e. The van der Waals surface area contributed by atoms with E-state index in [1.54, 1.807) is 10.9 Å². The molecule has 0 aliphatic carbocycles. The van der Waals surface area contributed by atoms with E-state index < -0.39 is 0 Å². The zero-order valence-electron chi connectivity index (χ0n) is 9.27. The summed E-state index contributed by atoms with van der Waals surface area (Å²) in [5.74, 6) is 0. The fraction of sp³-hybridized carbons (Fsp3) is 0.167. The van der Waals surface area contributed by atoms with Crippen molar-refractivity contribution in [3.8, 4) is 0 Å². The molecule has 0 amide bonds. The minimum absolute atomic E-state index is 0.581. The first-order valence-corrected chi connectivity index (χ1v) is 5.45. The van der Waals surface area contributed by atoms with Gasteiger partial charge in [-0.3, -0.25) is 0 Å². The summed E-state index contributed by atoms with van der Waals surface area (Å²) in [6.07, 6.45) is 3.67. The first kappa shape index (κ1) is 10.8. The fourth-order valence-electron chi connectivity index (χ4n) is 1.34. The van der Waals surface area contributed by atoms with Gasteiger partial charge in [0.1, 0.15) is 0 Å². The summed E-state index contributed by atoms with van der Waals surface area (Å²) in [5, 5.41) is 7.85. The number of aryl methyl sites for hydroxylation is 2. The van der Waals surface area contributed by atoms with Gasteiger partial charge in [0.15, 0.2) is 5.11 Å². The number of nitrogens with zero attached hydrogens (tertiary/aromatic N) is 2. The van der Waals surface area contributed by atoms with E-state index in [-0.39, 0.29) is 0 Å². The Morgan fingerprint density at radius 3 is 2.44 bits per heavy atom. The van der Waals surface area contributed by atoms with Crippen LogP contribution < -0.4 is 5.32 Å². The average molecular weight is 231 g/mol. The zero-order valence-corrected chi connectivity index (χ0v) is 10.1. The van der Waals surface area contributed by atoms with E-state index in [1.165, 1.54) is 5.56 Å². The van der Waals surface area contributed by atoms with Gasteiger partial charge in [0.2, 0.25) is 0 Å². The molecule has 0 atom stereocenters. The van der Waals surface area contributed by atoms with Gasteiger partial charge in [0.25, 0.3) is 0 Å². The van der Waals surface area contributed by atoms with Gasteiger partial charge in [-0.1, -0.05) is 17.7 Å². The van der Waals surface area contributed by atoms with Crippen molar-refractivity contribution >= 4 is 23.0 Å². The second kappa shape index (κ2) is 4.45. The van der Waals surface area contributed by atoms with Crippen molar-refractivity contribution in [1.82, 2.24) is 9.78 Å². The van der Waals surface area contributed by atoms with E-state index in [1.807, 2.05) is 37.4 Å². The van der Waals surface area contributed by atoms with Crippen LogP contribution in [0.15, 0.2) is 36.7 Å². The molecule has 0 aliphatic heterocycles. The Morgan fingerprint density at radius 2 is 1.88 bits per heavy atom. The normalized spacial score (nSPS) is 10.1. The Bertz CT molecular complexity index is 499. The van der Waals surface area contributed by atoms with Crippen LogP contribution in [0.5, 0.6) is 0 Å². The molecule has 0 spiro atoms. The molecule has 3 nitrogen and oxygen atoms in total. The Balaban J connectivity index is 2.10. The summed E-state index contributed by atoms with van der Waals surface area (Å²) in [6.45, 7) is 4.04. The molecule has 1 heterocycles. The Morgan fingerprint density at radius 1 is 1.19 bits per heavy atom. The Labute approximate surface area is 100 Å². The highest BCUT2D eigenvalue weighted by atomic mass is 32.1. The standard InChI is InChI=1S/C12H13N3S/c1-9-3-5-11(6-4-9)14-12(16)15-8-10(2)7-13-15/h3-8H,1-2H3,(H,14,16). The van der Waals surface area contributed by atoms with Crippen LogP contribution in [0.4, 0.5) is 5.69 Å². The first-order valence-electron chi connectivity index (χ1n) is 5.04. The molecule has 0 saturated heterocycles. The molecule has 0 bridgehead atoms. The van der Waals surface area contributed by atoms with Crippen molar-refractivity contribution in [3.63, 3.8) is 0 Å². The van der Waals surface area contributed by atoms with Crippen LogP contribution in [-0.4, -0.2) is 14.9 Å². The van der Waals surface area contributed by atoms with Gasteiger partial charge in [0.05, 0.1) is 6.20 Å². The highest BCUT2D eigenvalue weighted by molar-refractivity contribution is 7.80. The number of benzene rings is 1. The molecule has 0 fully saturated rings. The second-order valence-electron chi connectivity index (χ2n) is 3.76. The highest BCUT2D eigenvalue weighted by Gasteiger charge is 2.01. The molecule has 0 aliphatic rings. The van der Waals surface area contributed by atoms with E-state index in [0.29, 0.717) is 5.11 Å². The Kier molecular flexibility index (Phi) is 3.01. The van der Waals surface area contributed by atoms with Crippen LogP contribution >= 0.6 is 12.2 Å². The molecule has 1 aromatic heterocycles. The second-order valence-corrected chi connectivity index (χ2v) is 4.15. The molecule has 0 saturated carbocycles. The predicted octanol–water partition coefficient (Wildman–Crippen LogP) is 2.75. The topological polar surface area (TPSA) is 29.9 Å². The molecule has 2 aromatic rings. The van der Waals surface area contributed by atoms with Crippen LogP contribution in [0.3, 0.4) is 0 Å². The lowest BCUT2D eigenvalue weighted by Crippen LogP contribution is -2.19. The highest BCUT2D eigenvalue weighted by Crippen LogP contribution is 2.09. The summed E-state index contributed by atoms with van der Waals surface area (Å²) in [7, 11) is 0. The van der Waals surface area contributed by atoms with Crippen LogP contribution in [0.25, 0.3) is 0 Å². The van der Waals surface area contributed by atoms with Gasteiger partial charge in [-0.05, 0) is 43.8 Å². The predicted molar refractivity (Wildman–Crippen MR) is 69.8 cm³/mol. The average Bonchev–Trinajstić information content (AvgIpc) is 2.68. The number of thiocarbonyl (C=S) groups is 1. The number of rotatable bonds is 1. The van der Waals surface area contributed by atoms with Crippen LogP contribution in [-0.2, 0) is 0 Å². The molecule has 82 valence electrons. The van der Waals surface area contributed by atoms with Crippen molar-refractivity contribution < 1.29 is 0 Å². The summed E-state index contributed by atoms with van der Waals surface area (Å²) < 4.78 is 1.66. The van der Waals surface area contributed by atoms with Gasteiger partial charge >= 0.3 is 0 Å². The minimum atomic E-state index is 0.581. The van der Waals surface area contributed by atoms with Gasteiger partial charge in [0, 0.05) is 11.9 Å². The van der Waals surface area contributed by atoms with Gasteiger partial charge in [-0.15, -0.1) is 0 Å². The molecule has 0 unspecified atom stereocenters. The first-order chi connectivity index (χ1) is 7.65. The molecular weight excluding hydrogens is 218 g/mol. The quantitative estimate of drug-likeness (QED) is 0.765. The number of hydrogen-bond acceptors (Lipinski definition) is 2. The monoisotopic (exact) mass is 231 g/mol. The lowest BCUT2D eigenvalue weighted by molar-refractivity contribution is 0.947. The minimum Gasteiger partial charge on any atom is -0.331 e. The smallest absolute Gasteiger partial charge is 0.198 e. The van der Waals surface area contributed by atoms with E-state index in [9.17, 15) is 0 Å². The molecule has 0 radical (unpaired) electrons. The number of nitrogens with one attached hydrogen (secondary N) is 1. The summed E-state index contributed by atoms with van der Waals surface area (Å²) >= 11 is 5.24. The van der Waals surface area contributed by atoms with Crippen LogP contribution in [0, 0.1) is 13.8 Å². The van der Waals surface area contributed by atoms with Gasteiger partial charge in [-0.2, -0.15) is 5.10 Å². The lowest BCUT2D eigenvalue weighted by atomic mass is 10.2. The maximum atomic E-state index is 5.24. The molecule has 1 aromatic carbocycles. The third-order valence-corrected chi connectivity index (χ3v) is 2.51. The Hall–Kier alpha value is -1.68. The van der Waals surface area contributed by atoms with E-state index >= 15 is 0 Å². The third kappa shape index (κ3) is 2.46. The summed E-state index contributed by atoms with van der Waals surface area (Å²) in [4.78, 5) is 0. The van der Waals surface area contributed by atoms with Crippen molar-refractivity contribution in [1.29, 1.82) is 0 Å². The van der Waals surface area contributed by atoms with Crippen molar-refractivity contribution in [2.75, 3.05) is 5.32 Å². The lowest BCUT2D eigenvalue weighted by Gasteiger charge is -2.07. The molecule has 16 heavy (non-hydrogen) atoms. The van der Waals surface area contributed by atoms with Crippen molar-refractivity contribution in [3.05, 3.63) is 47.8 Å². The van der Waals surface area contributed by atoms with Crippen molar-refractivity contribution in [2.45, 2.75) is 13.8 Å². The van der Waals surface area contributed by atoms with E-state index in [4.69, 9.17) is 12.2 Å². The summed E-state index contributed by atoms with van der Waals surface area (Å²) in [5.41, 5.74) is 3.29. The van der Waals surface area contributed by atoms with E-state index in [2.05, 4.69) is 17.3 Å². The number of aromatic nitrogens is 2. The molecule has 2 rings (SSSR count).